The highest BCUT2D eigenvalue weighted by Gasteiger charge is 2.28. The van der Waals surface area contributed by atoms with Gasteiger partial charge in [0.05, 0.1) is 6.42 Å². The van der Waals surface area contributed by atoms with E-state index in [1.54, 1.807) is 4.90 Å². The molecular formula is C14H17IN2O3. The summed E-state index contributed by atoms with van der Waals surface area (Å²) in [6.07, 6.45) is 2.67. The summed E-state index contributed by atoms with van der Waals surface area (Å²) in [6.45, 7) is 0.619. The molecule has 0 saturated carbocycles. The number of carbonyl (C=O) groups excluding carboxylic acids is 1. The van der Waals surface area contributed by atoms with Gasteiger partial charge in [0, 0.05) is 21.8 Å². The lowest BCUT2D eigenvalue weighted by molar-refractivity contribution is -0.138. The molecule has 1 aliphatic rings. The van der Waals surface area contributed by atoms with Crippen molar-refractivity contribution in [2.24, 2.45) is 0 Å². The Hall–Kier alpha value is -1.31. The van der Waals surface area contributed by atoms with Gasteiger partial charge < -0.3 is 15.3 Å². The number of carboxylic acid groups (broad SMARTS) is 1. The first kappa shape index (κ1) is 15.1. The molecule has 2 rings (SSSR count). The zero-order valence-corrected chi connectivity index (χ0v) is 13.2. The van der Waals surface area contributed by atoms with E-state index in [-0.39, 0.29) is 18.5 Å². The fraction of sp³-hybridized carbons (Fsp3) is 0.429. The fourth-order valence-corrected chi connectivity index (χ4v) is 2.99. The lowest BCUT2D eigenvalue weighted by Crippen LogP contribution is -2.46. The van der Waals surface area contributed by atoms with Crippen LogP contribution in [0.5, 0.6) is 0 Å². The van der Waals surface area contributed by atoms with Crippen molar-refractivity contribution in [3.05, 3.63) is 27.8 Å². The van der Waals surface area contributed by atoms with Crippen LogP contribution in [0.4, 0.5) is 10.5 Å². The highest BCUT2D eigenvalue weighted by atomic mass is 127. The number of likely N-dealkylation sites (tertiary alicyclic amines) is 1. The van der Waals surface area contributed by atoms with Gasteiger partial charge in [0.15, 0.2) is 0 Å². The number of piperidine rings is 1. The Morgan fingerprint density at radius 3 is 2.90 bits per heavy atom. The Morgan fingerprint density at radius 1 is 1.40 bits per heavy atom. The number of urea groups is 1. The third kappa shape index (κ3) is 4.09. The first-order valence-electron chi connectivity index (χ1n) is 6.61. The Morgan fingerprint density at radius 2 is 2.20 bits per heavy atom. The van der Waals surface area contributed by atoms with Crippen LogP contribution >= 0.6 is 22.6 Å². The molecule has 1 unspecified atom stereocenters. The minimum Gasteiger partial charge on any atom is -0.481 e. The number of nitrogens with zero attached hydrogens (tertiary/aromatic N) is 1. The van der Waals surface area contributed by atoms with Crippen molar-refractivity contribution in [2.75, 3.05) is 11.9 Å². The molecular weight excluding hydrogens is 371 g/mol. The van der Waals surface area contributed by atoms with Gasteiger partial charge >= 0.3 is 12.0 Å². The summed E-state index contributed by atoms with van der Waals surface area (Å²) >= 11 is 2.18. The maximum Gasteiger partial charge on any atom is 0.322 e. The van der Waals surface area contributed by atoms with E-state index < -0.39 is 5.97 Å². The zero-order chi connectivity index (χ0) is 14.5. The van der Waals surface area contributed by atoms with Gasteiger partial charge in [-0.3, -0.25) is 4.79 Å². The lowest BCUT2D eigenvalue weighted by atomic mass is 10.00. The van der Waals surface area contributed by atoms with Crippen LogP contribution in [0.2, 0.25) is 0 Å². The van der Waals surface area contributed by atoms with Crippen molar-refractivity contribution < 1.29 is 14.7 Å². The van der Waals surface area contributed by atoms with E-state index in [2.05, 4.69) is 27.9 Å². The van der Waals surface area contributed by atoms with Gasteiger partial charge in [0.25, 0.3) is 0 Å². The molecule has 1 heterocycles. The zero-order valence-electron chi connectivity index (χ0n) is 11.0. The third-order valence-corrected chi connectivity index (χ3v) is 4.05. The summed E-state index contributed by atoms with van der Waals surface area (Å²) in [5.41, 5.74) is 0.738. The molecule has 1 aliphatic heterocycles. The molecule has 1 fully saturated rings. The van der Waals surface area contributed by atoms with E-state index in [4.69, 9.17) is 5.11 Å². The van der Waals surface area contributed by atoms with Crippen molar-refractivity contribution in [1.82, 2.24) is 4.90 Å². The highest BCUT2D eigenvalue weighted by Crippen LogP contribution is 2.21. The van der Waals surface area contributed by atoms with Crippen molar-refractivity contribution >= 4 is 40.3 Å². The average molecular weight is 388 g/mol. The molecule has 108 valence electrons. The van der Waals surface area contributed by atoms with Gasteiger partial charge in [0.1, 0.15) is 0 Å². The number of nitrogens with one attached hydrogen (secondary N) is 1. The predicted molar refractivity (Wildman–Crippen MR) is 84.8 cm³/mol. The minimum atomic E-state index is -0.857. The number of anilines is 1. The molecule has 2 amide bonds. The van der Waals surface area contributed by atoms with E-state index >= 15 is 0 Å². The number of rotatable bonds is 3. The summed E-state index contributed by atoms with van der Waals surface area (Å²) in [6, 6.07) is 7.12. The molecule has 1 aromatic carbocycles. The van der Waals surface area contributed by atoms with E-state index in [0.717, 1.165) is 28.5 Å². The topological polar surface area (TPSA) is 69.6 Å². The second kappa shape index (κ2) is 6.92. The number of benzene rings is 1. The van der Waals surface area contributed by atoms with Gasteiger partial charge in [-0.2, -0.15) is 0 Å². The van der Waals surface area contributed by atoms with Gasteiger partial charge in [0.2, 0.25) is 0 Å². The summed E-state index contributed by atoms with van der Waals surface area (Å²) in [7, 11) is 0. The van der Waals surface area contributed by atoms with Crippen LogP contribution in [0.15, 0.2) is 24.3 Å². The molecule has 1 saturated heterocycles. The smallest absolute Gasteiger partial charge is 0.322 e. The molecule has 0 spiro atoms. The monoisotopic (exact) mass is 388 g/mol. The predicted octanol–water partition coefficient (Wildman–Crippen LogP) is 3.15. The SMILES string of the molecule is O=C(O)CC1CCCCN1C(=O)Nc1cccc(I)c1. The van der Waals surface area contributed by atoms with Gasteiger partial charge in [-0.05, 0) is 60.1 Å². The lowest BCUT2D eigenvalue weighted by Gasteiger charge is -2.34. The molecule has 5 nitrogen and oxygen atoms in total. The molecule has 1 atom stereocenters. The van der Waals surface area contributed by atoms with Crippen LogP contribution in [0, 0.1) is 3.57 Å². The van der Waals surface area contributed by atoms with Crippen LogP contribution in [0.3, 0.4) is 0 Å². The molecule has 0 radical (unpaired) electrons. The van der Waals surface area contributed by atoms with Crippen molar-refractivity contribution in [2.45, 2.75) is 31.7 Å². The second-order valence-electron chi connectivity index (χ2n) is 4.88. The quantitative estimate of drug-likeness (QED) is 0.782. The molecule has 0 aliphatic carbocycles. The standard InChI is InChI=1S/C14H17IN2O3/c15-10-4-3-5-11(8-10)16-14(20)17-7-2-1-6-12(17)9-13(18)19/h3-5,8,12H,1-2,6-7,9H2,(H,16,20)(H,18,19). The number of hydrogen-bond donors (Lipinski definition) is 2. The summed E-state index contributed by atoms with van der Waals surface area (Å²) in [5.74, 6) is -0.857. The average Bonchev–Trinajstić information content (AvgIpc) is 2.38. The van der Waals surface area contributed by atoms with E-state index in [1.165, 1.54) is 0 Å². The second-order valence-corrected chi connectivity index (χ2v) is 6.13. The number of carboxylic acids is 1. The van der Waals surface area contributed by atoms with Crippen molar-refractivity contribution in [3.8, 4) is 0 Å². The number of hydrogen-bond acceptors (Lipinski definition) is 2. The maximum atomic E-state index is 12.3. The number of carbonyl (C=O) groups is 2. The molecule has 2 N–H and O–H groups in total. The Kier molecular flexibility index (Phi) is 5.22. The minimum absolute atomic E-state index is 0.0136. The van der Waals surface area contributed by atoms with Gasteiger partial charge in [-0.1, -0.05) is 6.07 Å². The Balaban J connectivity index is 2.04. The van der Waals surface area contributed by atoms with Gasteiger partial charge in [-0.25, -0.2) is 4.79 Å². The van der Waals surface area contributed by atoms with Crippen molar-refractivity contribution in [3.63, 3.8) is 0 Å². The molecule has 0 aromatic heterocycles. The van der Waals surface area contributed by atoms with Gasteiger partial charge in [-0.15, -0.1) is 0 Å². The first-order valence-corrected chi connectivity index (χ1v) is 7.69. The van der Waals surface area contributed by atoms with E-state index in [9.17, 15) is 9.59 Å². The molecule has 0 bridgehead atoms. The van der Waals surface area contributed by atoms with Crippen LogP contribution in [0.1, 0.15) is 25.7 Å². The van der Waals surface area contributed by atoms with E-state index in [0.29, 0.717) is 6.54 Å². The van der Waals surface area contributed by atoms with Crippen LogP contribution in [-0.2, 0) is 4.79 Å². The molecule has 1 aromatic rings. The molecule has 20 heavy (non-hydrogen) atoms. The summed E-state index contributed by atoms with van der Waals surface area (Å²) < 4.78 is 1.04. The fourth-order valence-electron chi connectivity index (χ4n) is 2.44. The summed E-state index contributed by atoms with van der Waals surface area (Å²) in [5, 5.41) is 11.8. The number of amides is 2. The summed E-state index contributed by atoms with van der Waals surface area (Å²) in [4.78, 5) is 24.8. The Bertz CT molecular complexity index is 507. The third-order valence-electron chi connectivity index (χ3n) is 3.37. The van der Waals surface area contributed by atoms with Crippen LogP contribution < -0.4 is 5.32 Å². The Labute approximate surface area is 131 Å². The number of aliphatic carboxylic acids is 1. The van der Waals surface area contributed by atoms with Crippen LogP contribution in [-0.4, -0.2) is 34.6 Å². The molecule has 6 heteroatoms. The van der Waals surface area contributed by atoms with Crippen LogP contribution in [0.25, 0.3) is 0 Å². The normalized spacial score (nSPS) is 18.6. The maximum absolute atomic E-state index is 12.3. The number of halogens is 1. The van der Waals surface area contributed by atoms with E-state index in [1.807, 2.05) is 24.3 Å². The highest BCUT2D eigenvalue weighted by molar-refractivity contribution is 14.1. The largest absolute Gasteiger partial charge is 0.481 e. The first-order chi connectivity index (χ1) is 9.56. The van der Waals surface area contributed by atoms with Crippen molar-refractivity contribution in [1.29, 1.82) is 0 Å².